The van der Waals surface area contributed by atoms with E-state index in [0.717, 1.165) is 10.9 Å². The number of hydrogen-bond donors (Lipinski definition) is 3. The number of phenols is 1. The molecule has 0 bridgehead atoms. The van der Waals surface area contributed by atoms with Gasteiger partial charge >= 0.3 is 0 Å². The molecule has 1 aromatic rings. The van der Waals surface area contributed by atoms with E-state index in [1.54, 1.807) is 12.1 Å². The SMILES string of the molecule is CC(C)CC(CN)NC(=O)c1cc(Br)ccc1O.Cl. The zero-order chi connectivity index (χ0) is 13.7. The topological polar surface area (TPSA) is 75.3 Å². The van der Waals surface area contributed by atoms with Crippen LogP contribution in [0, 0.1) is 5.92 Å². The summed E-state index contributed by atoms with van der Waals surface area (Å²) in [6, 6.07) is 4.68. The van der Waals surface area contributed by atoms with Crippen LogP contribution in [0.25, 0.3) is 0 Å². The molecule has 0 saturated carbocycles. The van der Waals surface area contributed by atoms with Crippen molar-refractivity contribution >= 4 is 34.2 Å². The Kier molecular flexibility index (Phi) is 8.06. The van der Waals surface area contributed by atoms with Gasteiger partial charge in [-0.15, -0.1) is 12.4 Å². The standard InChI is InChI=1S/C13H19BrN2O2.ClH/c1-8(2)5-10(7-15)16-13(18)11-6-9(14)3-4-12(11)17;/h3-4,6,8,10,17H,5,7,15H2,1-2H3,(H,16,18);1H. The van der Waals surface area contributed by atoms with Gasteiger partial charge in [0.1, 0.15) is 5.75 Å². The van der Waals surface area contributed by atoms with Crippen LogP contribution in [0.5, 0.6) is 5.75 Å². The number of phenolic OH excluding ortho intramolecular Hbond substituents is 1. The number of carbonyl (C=O) groups excluding carboxylic acids is 1. The second-order valence-corrected chi connectivity index (χ2v) is 5.61. The summed E-state index contributed by atoms with van der Waals surface area (Å²) in [7, 11) is 0. The Labute approximate surface area is 128 Å². The number of rotatable bonds is 5. The molecule has 1 rings (SSSR count). The number of nitrogens with two attached hydrogens (primary N) is 1. The average molecular weight is 352 g/mol. The van der Waals surface area contributed by atoms with Gasteiger partial charge < -0.3 is 16.2 Å². The van der Waals surface area contributed by atoms with Crippen molar-refractivity contribution in [1.29, 1.82) is 0 Å². The van der Waals surface area contributed by atoms with E-state index in [0.29, 0.717) is 12.5 Å². The van der Waals surface area contributed by atoms with Crippen LogP contribution in [0.3, 0.4) is 0 Å². The Balaban J connectivity index is 0.00000324. The van der Waals surface area contributed by atoms with Crippen molar-refractivity contribution in [2.75, 3.05) is 6.54 Å². The van der Waals surface area contributed by atoms with Gasteiger partial charge in [0.05, 0.1) is 5.56 Å². The predicted octanol–water partition coefficient (Wildman–Crippen LogP) is 2.68. The molecule has 0 fully saturated rings. The molecule has 0 radical (unpaired) electrons. The molecule has 0 spiro atoms. The average Bonchev–Trinajstić information content (AvgIpc) is 2.30. The van der Waals surface area contributed by atoms with Gasteiger partial charge in [0.15, 0.2) is 0 Å². The minimum atomic E-state index is -0.301. The van der Waals surface area contributed by atoms with Gasteiger partial charge in [-0.05, 0) is 30.5 Å². The molecular formula is C13H20BrClN2O2. The number of nitrogens with one attached hydrogen (secondary N) is 1. The second kappa shape index (κ2) is 8.40. The highest BCUT2D eigenvalue weighted by Crippen LogP contribution is 2.21. The van der Waals surface area contributed by atoms with Crippen LogP contribution >= 0.6 is 28.3 Å². The highest BCUT2D eigenvalue weighted by Gasteiger charge is 2.16. The molecule has 1 unspecified atom stereocenters. The molecule has 1 atom stereocenters. The van der Waals surface area contributed by atoms with Gasteiger partial charge in [0, 0.05) is 17.1 Å². The fourth-order valence-electron chi connectivity index (χ4n) is 1.74. The highest BCUT2D eigenvalue weighted by molar-refractivity contribution is 9.10. The Bertz CT molecular complexity index is 427. The summed E-state index contributed by atoms with van der Waals surface area (Å²) in [5.41, 5.74) is 5.88. The van der Waals surface area contributed by atoms with E-state index in [2.05, 4.69) is 35.1 Å². The minimum absolute atomic E-state index is 0. The smallest absolute Gasteiger partial charge is 0.255 e. The van der Waals surface area contributed by atoms with Crippen LogP contribution in [0.1, 0.15) is 30.6 Å². The fourth-order valence-corrected chi connectivity index (χ4v) is 2.10. The first kappa shape index (κ1) is 18.2. The third kappa shape index (κ3) is 5.80. The van der Waals surface area contributed by atoms with Crippen molar-refractivity contribution in [3.05, 3.63) is 28.2 Å². The third-order valence-corrected chi connectivity index (χ3v) is 3.07. The maximum atomic E-state index is 12.0. The van der Waals surface area contributed by atoms with Crippen molar-refractivity contribution in [2.24, 2.45) is 11.7 Å². The number of benzene rings is 1. The summed E-state index contributed by atoms with van der Waals surface area (Å²) in [5.74, 6) is 0.121. The van der Waals surface area contributed by atoms with Gasteiger partial charge in [-0.1, -0.05) is 29.8 Å². The van der Waals surface area contributed by atoms with E-state index in [-0.39, 0.29) is 35.7 Å². The number of hydrogen-bond acceptors (Lipinski definition) is 3. The third-order valence-electron chi connectivity index (χ3n) is 2.58. The summed E-state index contributed by atoms with van der Waals surface area (Å²) >= 11 is 3.27. The van der Waals surface area contributed by atoms with Crippen LogP contribution in [0.15, 0.2) is 22.7 Å². The molecule has 0 heterocycles. The lowest BCUT2D eigenvalue weighted by Crippen LogP contribution is -2.41. The summed E-state index contributed by atoms with van der Waals surface area (Å²) in [5, 5.41) is 12.5. The number of halogens is 2. The molecule has 6 heteroatoms. The fraction of sp³-hybridized carbons (Fsp3) is 0.462. The highest BCUT2D eigenvalue weighted by atomic mass is 79.9. The van der Waals surface area contributed by atoms with Crippen LogP contribution in [-0.4, -0.2) is 23.6 Å². The molecule has 0 saturated heterocycles. The molecule has 4 nitrogen and oxygen atoms in total. The van der Waals surface area contributed by atoms with Crippen molar-refractivity contribution < 1.29 is 9.90 Å². The Morgan fingerprint density at radius 1 is 1.47 bits per heavy atom. The number of amides is 1. The Morgan fingerprint density at radius 2 is 2.11 bits per heavy atom. The van der Waals surface area contributed by atoms with Gasteiger partial charge in [0.25, 0.3) is 5.91 Å². The van der Waals surface area contributed by atoms with Crippen molar-refractivity contribution in [2.45, 2.75) is 26.3 Å². The Morgan fingerprint density at radius 3 is 2.63 bits per heavy atom. The molecular weight excluding hydrogens is 332 g/mol. The molecule has 0 aromatic heterocycles. The molecule has 19 heavy (non-hydrogen) atoms. The van der Waals surface area contributed by atoms with E-state index in [9.17, 15) is 9.90 Å². The van der Waals surface area contributed by atoms with Gasteiger partial charge in [-0.25, -0.2) is 0 Å². The largest absolute Gasteiger partial charge is 0.507 e. The van der Waals surface area contributed by atoms with E-state index < -0.39 is 0 Å². The quantitative estimate of drug-likeness (QED) is 0.763. The van der Waals surface area contributed by atoms with Gasteiger partial charge in [0.2, 0.25) is 0 Å². The van der Waals surface area contributed by atoms with E-state index in [1.165, 1.54) is 6.07 Å². The lowest BCUT2D eigenvalue weighted by molar-refractivity contribution is 0.0931. The summed E-state index contributed by atoms with van der Waals surface area (Å²) < 4.78 is 0.749. The second-order valence-electron chi connectivity index (χ2n) is 4.70. The van der Waals surface area contributed by atoms with Gasteiger partial charge in [-0.2, -0.15) is 0 Å². The molecule has 0 aliphatic rings. The number of carbonyl (C=O) groups is 1. The van der Waals surface area contributed by atoms with Crippen LogP contribution in [-0.2, 0) is 0 Å². The summed E-state index contributed by atoms with van der Waals surface area (Å²) in [6.45, 7) is 4.54. The first-order valence-corrected chi connectivity index (χ1v) is 6.72. The lowest BCUT2D eigenvalue weighted by Gasteiger charge is -2.19. The molecule has 4 N–H and O–H groups in total. The van der Waals surface area contributed by atoms with Crippen LogP contribution in [0.2, 0.25) is 0 Å². The zero-order valence-electron chi connectivity index (χ0n) is 11.0. The summed E-state index contributed by atoms with van der Waals surface area (Å²) in [4.78, 5) is 12.0. The van der Waals surface area contributed by atoms with Crippen molar-refractivity contribution in [3.8, 4) is 5.75 Å². The molecule has 1 aromatic carbocycles. The van der Waals surface area contributed by atoms with E-state index in [1.807, 2.05) is 0 Å². The molecule has 108 valence electrons. The predicted molar refractivity (Wildman–Crippen MR) is 82.8 cm³/mol. The first-order chi connectivity index (χ1) is 8.43. The number of aromatic hydroxyl groups is 1. The monoisotopic (exact) mass is 350 g/mol. The Hall–Kier alpha value is -0.780. The molecule has 1 amide bonds. The first-order valence-electron chi connectivity index (χ1n) is 5.93. The maximum Gasteiger partial charge on any atom is 0.255 e. The summed E-state index contributed by atoms with van der Waals surface area (Å²) in [6.07, 6.45) is 0.816. The van der Waals surface area contributed by atoms with Gasteiger partial charge in [-0.3, -0.25) is 4.79 Å². The maximum absolute atomic E-state index is 12.0. The van der Waals surface area contributed by atoms with E-state index in [4.69, 9.17) is 5.73 Å². The van der Waals surface area contributed by atoms with Crippen LogP contribution < -0.4 is 11.1 Å². The van der Waals surface area contributed by atoms with E-state index >= 15 is 0 Å². The van der Waals surface area contributed by atoms with Crippen molar-refractivity contribution in [3.63, 3.8) is 0 Å². The van der Waals surface area contributed by atoms with Crippen molar-refractivity contribution in [1.82, 2.24) is 5.32 Å². The molecule has 0 aliphatic heterocycles. The molecule has 0 aliphatic carbocycles. The minimum Gasteiger partial charge on any atom is -0.507 e. The van der Waals surface area contributed by atoms with Crippen LogP contribution in [0.4, 0.5) is 0 Å². The normalized spacial score (nSPS) is 11.8. The lowest BCUT2D eigenvalue weighted by atomic mass is 10.0. The zero-order valence-corrected chi connectivity index (χ0v) is 13.4.